The van der Waals surface area contributed by atoms with Crippen LogP contribution in [0.25, 0.3) is 0 Å². The summed E-state index contributed by atoms with van der Waals surface area (Å²) in [6.07, 6.45) is 1.74. The van der Waals surface area contributed by atoms with Gasteiger partial charge in [-0.25, -0.2) is 0 Å². The normalized spacial score (nSPS) is 10.7. The number of rotatable bonds is 4. The molecule has 0 saturated carbocycles. The number of hydrogen-bond acceptors (Lipinski definition) is 10. The van der Waals surface area contributed by atoms with Crippen molar-refractivity contribution in [2.75, 3.05) is 0 Å². The van der Waals surface area contributed by atoms with Crippen LogP contribution in [-0.2, 0) is 37.2 Å². The van der Waals surface area contributed by atoms with Gasteiger partial charge in [-0.05, 0) is 12.1 Å². The van der Waals surface area contributed by atoms with Crippen LogP contribution in [0.4, 0.5) is 0 Å². The van der Waals surface area contributed by atoms with Crippen LogP contribution in [0.2, 0.25) is 0 Å². The maximum absolute atomic E-state index is 9.75. The van der Waals surface area contributed by atoms with Gasteiger partial charge in [0.15, 0.2) is 0 Å². The Morgan fingerprint density at radius 2 is 1.52 bits per heavy atom. The third kappa shape index (κ3) is 5.84. The van der Waals surface area contributed by atoms with Crippen molar-refractivity contribution < 1.29 is 61.3 Å². The van der Waals surface area contributed by atoms with Crippen molar-refractivity contribution in [3.05, 3.63) is 30.1 Å². The molecule has 0 aromatic carbocycles. The predicted molar refractivity (Wildman–Crippen MR) is 56.5 cm³/mol. The summed E-state index contributed by atoms with van der Waals surface area (Å²) in [5, 5.41) is 52.6. The van der Waals surface area contributed by atoms with Gasteiger partial charge < -0.3 is 46.0 Å². The molecule has 0 atom stereocenters. The van der Waals surface area contributed by atoms with Crippen molar-refractivity contribution in [1.82, 2.24) is 4.98 Å². The Labute approximate surface area is 132 Å². The monoisotopic (exact) mass is 483 g/mol. The van der Waals surface area contributed by atoms with E-state index in [1.807, 2.05) is 18.2 Å². The summed E-state index contributed by atoms with van der Waals surface area (Å²) in [5.74, 6) is -14.2. The smallest absolute Gasteiger partial charge is 0.544 e. The second kappa shape index (κ2) is 8.77. The van der Waals surface area contributed by atoms with Gasteiger partial charge in [0.25, 0.3) is 11.6 Å². The number of carbonyl (C=O) groups excluding carboxylic acids is 2. The Bertz CT molecular complexity index is 441. The van der Waals surface area contributed by atoms with Gasteiger partial charge in [0.2, 0.25) is 0 Å². The molecule has 0 fully saturated rings. The fraction of sp³-hybridized carbons (Fsp3) is 0.300. The van der Waals surface area contributed by atoms with E-state index >= 15 is 0 Å². The van der Waals surface area contributed by atoms with E-state index < -0.39 is 23.5 Å². The molecule has 0 amide bonds. The summed E-state index contributed by atoms with van der Waals surface area (Å²) in [6.45, 7) is 0.529. The van der Waals surface area contributed by atoms with Gasteiger partial charge in [-0.3, -0.25) is 4.98 Å². The molecule has 6 N–H and O–H groups in total. The van der Waals surface area contributed by atoms with Crippen molar-refractivity contribution in [2.24, 2.45) is 5.73 Å². The molecule has 0 spiro atoms. The molecule has 11 heteroatoms. The molecule has 0 aliphatic carbocycles. The molecule has 1 aromatic rings. The summed E-state index contributed by atoms with van der Waals surface area (Å²) >= 11 is 0. The number of aliphatic carboxylic acids is 2. The molecular weight excluding hydrogens is 471 g/mol. The van der Waals surface area contributed by atoms with Crippen molar-refractivity contribution in [3.8, 4) is 0 Å². The van der Waals surface area contributed by atoms with E-state index in [9.17, 15) is 19.8 Å². The van der Waals surface area contributed by atoms with E-state index in [0.29, 0.717) is 6.54 Å². The third-order valence-electron chi connectivity index (χ3n) is 1.99. The minimum atomic E-state index is -4.33. The quantitative estimate of drug-likeness (QED) is 0.257. The first-order valence-corrected chi connectivity index (χ1v) is 4.99. The molecule has 1 rings (SSSR count). The minimum Gasteiger partial charge on any atom is -0.544 e. The molecule has 0 unspecified atom stereocenters. The van der Waals surface area contributed by atoms with E-state index in [-0.39, 0.29) is 21.1 Å². The Morgan fingerprint density at radius 1 is 1.10 bits per heavy atom. The van der Waals surface area contributed by atoms with E-state index in [2.05, 4.69) is 4.98 Å². The zero-order valence-electron chi connectivity index (χ0n) is 10.3. The largest absolute Gasteiger partial charge is 2.00 e. The van der Waals surface area contributed by atoms with Crippen LogP contribution in [0, 0.1) is 0 Å². The average Bonchev–Trinajstić information content (AvgIpc) is 2.39. The van der Waals surface area contributed by atoms with Gasteiger partial charge in [0, 0.05) is 12.7 Å². The molecule has 1 heterocycles. The van der Waals surface area contributed by atoms with Gasteiger partial charge in [0.1, 0.15) is 11.9 Å². The molecule has 1 aromatic heterocycles. The van der Waals surface area contributed by atoms with Gasteiger partial charge >= 0.3 is 21.1 Å². The Morgan fingerprint density at radius 3 is 1.71 bits per heavy atom. The maximum atomic E-state index is 9.75. The van der Waals surface area contributed by atoms with Crippen molar-refractivity contribution in [2.45, 2.75) is 18.1 Å². The van der Waals surface area contributed by atoms with Gasteiger partial charge in [-0.15, -0.1) is 0 Å². The minimum absolute atomic E-state index is 0. The van der Waals surface area contributed by atoms with Crippen LogP contribution < -0.4 is 15.9 Å². The standard InChI is InChI=1S/C6H8N2.C4H6O8.Pt/c7-5-6-3-1-2-4-8-6;5-1(6)3(9,10)4(11,12)2(7)8;/h1-4H,5,7H2;9-12H,(H,5,6)(H,7,8);/q;;+2/p-2. The molecule has 120 valence electrons. The first-order chi connectivity index (χ1) is 9.07. The van der Waals surface area contributed by atoms with E-state index in [1.54, 1.807) is 6.20 Å². The van der Waals surface area contributed by atoms with Crippen LogP contribution in [0.1, 0.15) is 5.69 Å². The van der Waals surface area contributed by atoms with Crippen molar-refractivity contribution in [1.29, 1.82) is 0 Å². The van der Waals surface area contributed by atoms with Gasteiger partial charge in [0.05, 0.1) is 5.69 Å². The number of pyridine rings is 1. The average molecular weight is 483 g/mol. The summed E-state index contributed by atoms with van der Waals surface area (Å²) in [4.78, 5) is 23.5. The summed E-state index contributed by atoms with van der Waals surface area (Å²) < 4.78 is 0. The third-order valence-corrected chi connectivity index (χ3v) is 1.99. The fourth-order valence-electron chi connectivity index (χ4n) is 0.804. The summed E-state index contributed by atoms with van der Waals surface area (Å²) in [7, 11) is 0. The van der Waals surface area contributed by atoms with Crippen LogP contribution in [0.15, 0.2) is 24.4 Å². The number of carboxylic acids is 2. The topological polar surface area (TPSA) is 200 Å². The number of nitrogens with zero attached hydrogens (tertiary/aromatic N) is 1. The zero-order valence-corrected chi connectivity index (χ0v) is 12.6. The first kappa shape index (κ1) is 21.9. The van der Waals surface area contributed by atoms with E-state index in [0.717, 1.165) is 5.69 Å². The summed E-state index contributed by atoms with van der Waals surface area (Å²) in [6, 6.07) is 5.70. The molecule has 21 heavy (non-hydrogen) atoms. The predicted octanol–water partition coefficient (Wildman–Crippen LogP) is -5.61. The maximum Gasteiger partial charge on any atom is 2.00 e. The number of carboxylic acid groups (broad SMARTS) is 2. The fourth-order valence-corrected chi connectivity index (χ4v) is 0.804. The van der Waals surface area contributed by atoms with E-state index in [4.69, 9.17) is 26.2 Å². The second-order valence-corrected chi connectivity index (χ2v) is 3.44. The van der Waals surface area contributed by atoms with Crippen molar-refractivity contribution in [3.63, 3.8) is 0 Å². The molecular formula is C10H12N2O8Pt. The van der Waals surface area contributed by atoms with Crippen LogP contribution in [0.3, 0.4) is 0 Å². The second-order valence-electron chi connectivity index (χ2n) is 3.44. The van der Waals surface area contributed by atoms with Gasteiger partial charge in [-0.2, -0.15) is 0 Å². The van der Waals surface area contributed by atoms with Crippen LogP contribution >= 0.6 is 0 Å². The molecule has 0 saturated heterocycles. The Balaban J connectivity index is 0. The van der Waals surface area contributed by atoms with Crippen molar-refractivity contribution >= 4 is 11.9 Å². The number of nitrogens with two attached hydrogens (primary N) is 1. The zero-order chi connectivity index (χ0) is 16.0. The number of aromatic nitrogens is 1. The van der Waals surface area contributed by atoms with Gasteiger partial charge in [-0.1, -0.05) is 6.07 Å². The number of aliphatic hydroxyl groups is 4. The molecule has 0 radical (unpaired) electrons. The molecule has 0 aliphatic rings. The SMILES string of the molecule is NCc1ccccn1.O=C([O-])C(O)(O)C(O)(O)C(=O)[O-].[Pt+2]. The van der Waals surface area contributed by atoms with Crippen LogP contribution in [0.5, 0.6) is 0 Å². The number of carbonyl (C=O) groups is 2. The molecule has 0 bridgehead atoms. The first-order valence-electron chi connectivity index (χ1n) is 4.99. The summed E-state index contributed by atoms with van der Waals surface area (Å²) in [5.41, 5.74) is 6.22. The molecule has 0 aliphatic heterocycles. The van der Waals surface area contributed by atoms with E-state index in [1.165, 1.54) is 0 Å². The molecule has 10 nitrogen and oxygen atoms in total. The number of hydrogen-bond donors (Lipinski definition) is 5. The van der Waals surface area contributed by atoms with Crippen LogP contribution in [-0.4, -0.2) is 48.9 Å². The Kier molecular flexibility index (Phi) is 9.14. The Hall–Kier alpha value is -1.42.